The monoisotopic (exact) mass is 435 g/mol. The van der Waals surface area contributed by atoms with E-state index in [4.69, 9.17) is 9.47 Å². The third-order valence-corrected chi connectivity index (χ3v) is 5.24. The Labute approximate surface area is 184 Å². The van der Waals surface area contributed by atoms with Gasteiger partial charge in [0.15, 0.2) is 6.61 Å². The minimum atomic E-state index is -0.529. The normalized spacial score (nSPS) is 10.9. The molecule has 0 aliphatic carbocycles. The molecule has 4 rings (SSSR count). The molecule has 0 N–H and O–H groups in total. The van der Waals surface area contributed by atoms with Crippen molar-refractivity contribution in [2.75, 3.05) is 20.8 Å². The summed E-state index contributed by atoms with van der Waals surface area (Å²) in [6, 6.07) is 12.6. The van der Waals surface area contributed by atoms with Crippen molar-refractivity contribution in [3.8, 4) is 17.3 Å². The van der Waals surface area contributed by atoms with E-state index >= 15 is 0 Å². The highest BCUT2D eigenvalue weighted by Crippen LogP contribution is 2.36. The topological polar surface area (TPSA) is 75.5 Å². The van der Waals surface area contributed by atoms with E-state index in [2.05, 4.69) is 14.8 Å². The predicted molar refractivity (Wildman–Crippen MR) is 117 cm³/mol. The highest BCUT2D eigenvalue weighted by atomic mass is 19.1. The van der Waals surface area contributed by atoms with Crippen LogP contribution in [-0.4, -0.2) is 41.6 Å². The van der Waals surface area contributed by atoms with E-state index in [0.29, 0.717) is 23.4 Å². The lowest BCUT2D eigenvalue weighted by molar-refractivity contribution is -0.142. The molecule has 164 valence electrons. The second-order valence-corrected chi connectivity index (χ2v) is 7.15. The van der Waals surface area contributed by atoms with Crippen LogP contribution in [0.15, 0.2) is 54.9 Å². The summed E-state index contributed by atoms with van der Waals surface area (Å²) in [7, 11) is 2.79. The van der Waals surface area contributed by atoms with Crippen LogP contribution in [0.25, 0.3) is 16.6 Å². The lowest BCUT2D eigenvalue weighted by atomic mass is 9.97. The third kappa shape index (κ3) is 4.12. The molecule has 32 heavy (non-hydrogen) atoms. The fourth-order valence-corrected chi connectivity index (χ4v) is 3.58. The predicted octanol–water partition coefficient (Wildman–Crippen LogP) is 4.02. The number of pyridine rings is 1. The molecule has 4 aromatic rings. The van der Waals surface area contributed by atoms with Crippen molar-refractivity contribution in [1.82, 2.24) is 14.8 Å². The second kappa shape index (κ2) is 9.05. The molecular weight excluding hydrogens is 413 g/mol. The highest BCUT2D eigenvalue weighted by Gasteiger charge is 2.20. The number of hydrogen-bond acceptors (Lipinski definition) is 6. The van der Waals surface area contributed by atoms with Gasteiger partial charge in [0.1, 0.15) is 17.1 Å². The number of aromatic nitrogens is 3. The fraction of sp³-hybridized carbons (Fsp3) is 0.208. The Balaban J connectivity index is 1.74. The van der Waals surface area contributed by atoms with Gasteiger partial charge >= 0.3 is 5.97 Å². The van der Waals surface area contributed by atoms with Gasteiger partial charge in [-0.15, -0.1) is 0 Å². The number of carbonyl (C=O) groups excluding carboxylic acids is 1. The highest BCUT2D eigenvalue weighted by molar-refractivity contribution is 5.91. The van der Waals surface area contributed by atoms with Crippen LogP contribution < -0.4 is 9.47 Å². The number of rotatable bonds is 7. The fourth-order valence-electron chi connectivity index (χ4n) is 3.58. The van der Waals surface area contributed by atoms with Crippen LogP contribution in [0, 0.1) is 12.7 Å². The van der Waals surface area contributed by atoms with Crippen LogP contribution in [0.2, 0.25) is 0 Å². The Morgan fingerprint density at radius 1 is 1.12 bits per heavy atom. The minimum Gasteiger partial charge on any atom is -0.481 e. The van der Waals surface area contributed by atoms with Gasteiger partial charge in [-0.25, -0.2) is 18.9 Å². The van der Waals surface area contributed by atoms with Gasteiger partial charge in [0.05, 0.1) is 19.9 Å². The molecule has 0 unspecified atom stereocenters. The van der Waals surface area contributed by atoms with Crippen LogP contribution in [-0.2, 0) is 16.0 Å². The zero-order valence-corrected chi connectivity index (χ0v) is 18.0. The van der Waals surface area contributed by atoms with E-state index in [9.17, 15) is 9.18 Å². The molecule has 0 amide bonds. The van der Waals surface area contributed by atoms with Crippen molar-refractivity contribution in [1.29, 1.82) is 0 Å². The Morgan fingerprint density at radius 3 is 2.56 bits per heavy atom. The molecule has 0 fully saturated rings. The summed E-state index contributed by atoms with van der Waals surface area (Å²) in [5.41, 5.74) is 3.67. The minimum absolute atomic E-state index is 0.125. The number of esters is 1. The number of ether oxygens (including phenoxy) is 3. The first kappa shape index (κ1) is 21.3. The lowest BCUT2D eigenvalue weighted by Crippen LogP contribution is -2.13. The standard InChI is InChI=1S/C24H22FN3O4/c1-15-18(13-16-5-7-17(8-6-16)28-12-4-11-26-28)24(31-3)27-23-19(25)9-10-20(22(15)23)32-14-21(29)30-2/h4-12H,13-14H2,1-3H3. The van der Waals surface area contributed by atoms with Crippen molar-refractivity contribution in [3.63, 3.8) is 0 Å². The molecule has 0 atom stereocenters. The maximum Gasteiger partial charge on any atom is 0.343 e. The van der Waals surface area contributed by atoms with Gasteiger partial charge < -0.3 is 14.2 Å². The molecule has 0 aliphatic rings. The van der Waals surface area contributed by atoms with Crippen LogP contribution in [0.5, 0.6) is 11.6 Å². The summed E-state index contributed by atoms with van der Waals surface area (Å²) in [6.07, 6.45) is 4.12. The molecule has 0 bridgehead atoms. The first-order valence-electron chi connectivity index (χ1n) is 9.96. The van der Waals surface area contributed by atoms with Crippen LogP contribution >= 0.6 is 0 Å². The van der Waals surface area contributed by atoms with Gasteiger partial charge in [0, 0.05) is 29.8 Å². The van der Waals surface area contributed by atoms with Crippen molar-refractivity contribution in [3.05, 3.63) is 77.4 Å². The van der Waals surface area contributed by atoms with Gasteiger partial charge in [-0.1, -0.05) is 12.1 Å². The van der Waals surface area contributed by atoms with Crippen molar-refractivity contribution < 1.29 is 23.4 Å². The number of carbonyl (C=O) groups is 1. The van der Waals surface area contributed by atoms with Crippen LogP contribution in [0.3, 0.4) is 0 Å². The van der Waals surface area contributed by atoms with Gasteiger partial charge in [0.2, 0.25) is 5.88 Å². The van der Waals surface area contributed by atoms with E-state index in [1.54, 1.807) is 10.9 Å². The summed E-state index contributed by atoms with van der Waals surface area (Å²) >= 11 is 0. The number of methoxy groups -OCH3 is 2. The first-order chi connectivity index (χ1) is 15.5. The maximum absolute atomic E-state index is 14.6. The number of halogens is 1. The number of hydrogen-bond donors (Lipinski definition) is 0. The second-order valence-electron chi connectivity index (χ2n) is 7.15. The van der Waals surface area contributed by atoms with Gasteiger partial charge in [-0.2, -0.15) is 5.10 Å². The molecular formula is C24H22FN3O4. The van der Waals surface area contributed by atoms with Crippen LogP contribution in [0.1, 0.15) is 16.7 Å². The van der Waals surface area contributed by atoms with E-state index < -0.39 is 11.8 Å². The average molecular weight is 435 g/mol. The molecule has 2 aromatic heterocycles. The number of benzene rings is 2. The molecule has 0 spiro atoms. The molecule has 0 radical (unpaired) electrons. The molecule has 7 nitrogen and oxygen atoms in total. The zero-order chi connectivity index (χ0) is 22.7. The Hall–Kier alpha value is -3.94. The zero-order valence-electron chi connectivity index (χ0n) is 18.0. The maximum atomic E-state index is 14.6. The van der Waals surface area contributed by atoms with Gasteiger partial charge in [-0.3, -0.25) is 0 Å². The molecule has 2 heterocycles. The van der Waals surface area contributed by atoms with E-state index in [-0.39, 0.29) is 12.1 Å². The third-order valence-electron chi connectivity index (χ3n) is 5.24. The summed E-state index contributed by atoms with van der Waals surface area (Å²) < 4.78 is 32.1. The molecule has 0 saturated heterocycles. The van der Waals surface area contributed by atoms with E-state index in [0.717, 1.165) is 22.4 Å². The summed E-state index contributed by atoms with van der Waals surface area (Å²) in [5.74, 6) is -0.328. The molecule has 2 aromatic carbocycles. The summed E-state index contributed by atoms with van der Waals surface area (Å²) in [6.45, 7) is 1.58. The number of fused-ring (bicyclic) bond motifs is 1. The quantitative estimate of drug-likeness (QED) is 0.408. The van der Waals surface area contributed by atoms with Gasteiger partial charge in [0.25, 0.3) is 0 Å². The van der Waals surface area contributed by atoms with Gasteiger partial charge in [-0.05, 0) is 48.4 Å². The summed E-state index contributed by atoms with van der Waals surface area (Å²) in [5, 5.41) is 4.73. The number of nitrogens with zero attached hydrogens (tertiary/aromatic N) is 3. The van der Waals surface area contributed by atoms with Crippen molar-refractivity contribution >= 4 is 16.9 Å². The Bertz CT molecular complexity index is 1250. The summed E-state index contributed by atoms with van der Waals surface area (Å²) in [4.78, 5) is 15.9. The van der Waals surface area contributed by atoms with Crippen LogP contribution in [0.4, 0.5) is 4.39 Å². The Kier molecular flexibility index (Phi) is 6.02. The number of aryl methyl sites for hydroxylation is 1. The largest absolute Gasteiger partial charge is 0.481 e. The van der Waals surface area contributed by atoms with Crippen molar-refractivity contribution in [2.24, 2.45) is 0 Å². The smallest absolute Gasteiger partial charge is 0.343 e. The molecule has 0 saturated carbocycles. The van der Waals surface area contributed by atoms with E-state index in [1.807, 2.05) is 43.5 Å². The average Bonchev–Trinajstić information content (AvgIpc) is 3.35. The molecule has 0 aliphatic heterocycles. The SMILES string of the molecule is COC(=O)COc1ccc(F)c2nc(OC)c(Cc3ccc(-n4cccn4)cc3)c(C)c12. The lowest BCUT2D eigenvalue weighted by Gasteiger charge is -2.17. The molecule has 8 heteroatoms. The van der Waals surface area contributed by atoms with Crippen molar-refractivity contribution in [2.45, 2.75) is 13.3 Å². The first-order valence-corrected chi connectivity index (χ1v) is 9.96. The van der Waals surface area contributed by atoms with E-state index in [1.165, 1.54) is 26.4 Å². The Morgan fingerprint density at radius 2 is 1.91 bits per heavy atom.